The van der Waals surface area contributed by atoms with Gasteiger partial charge in [-0.15, -0.1) is 0 Å². The first-order valence-corrected chi connectivity index (χ1v) is 6.78. The van der Waals surface area contributed by atoms with Gasteiger partial charge in [0.2, 0.25) is 0 Å². The summed E-state index contributed by atoms with van der Waals surface area (Å²) >= 11 is 0. The molecule has 0 heteroatoms. The zero-order valence-corrected chi connectivity index (χ0v) is 12.3. The second kappa shape index (κ2) is 10.4. The van der Waals surface area contributed by atoms with Gasteiger partial charge in [-0.2, -0.15) is 0 Å². The van der Waals surface area contributed by atoms with E-state index in [-0.39, 0.29) is 0 Å². The fourth-order valence-corrected chi connectivity index (χ4v) is 1.66. The summed E-state index contributed by atoms with van der Waals surface area (Å²) in [6.45, 7) is 10.9. The number of hydrogen-bond acceptors (Lipinski definition) is 0. The van der Waals surface area contributed by atoms with Crippen molar-refractivity contribution in [2.45, 2.75) is 66.7 Å². The van der Waals surface area contributed by atoms with Crippen LogP contribution < -0.4 is 0 Å². The predicted octanol–water partition coefficient (Wildman–Crippen LogP) is 6.02. The maximum atomic E-state index is 2.39. The molecule has 0 atom stereocenters. The van der Waals surface area contributed by atoms with E-state index in [1.165, 1.54) is 42.4 Å². The van der Waals surface area contributed by atoms with Crippen molar-refractivity contribution in [3.63, 3.8) is 0 Å². The van der Waals surface area contributed by atoms with E-state index in [0.717, 1.165) is 6.42 Å². The lowest BCUT2D eigenvalue weighted by Gasteiger charge is -2.01. The summed E-state index contributed by atoms with van der Waals surface area (Å²) in [4.78, 5) is 0. The molecule has 0 heterocycles. The minimum absolute atomic E-state index is 1.11. The van der Waals surface area contributed by atoms with Crippen LogP contribution in [0, 0.1) is 6.42 Å². The highest BCUT2D eigenvalue weighted by Gasteiger charge is 1.91. The summed E-state index contributed by atoms with van der Waals surface area (Å²) in [5.41, 5.74) is 4.46. The summed E-state index contributed by atoms with van der Waals surface area (Å²) in [7, 11) is 0. The van der Waals surface area contributed by atoms with Crippen molar-refractivity contribution < 1.29 is 0 Å². The Morgan fingerprint density at radius 1 is 0.765 bits per heavy atom. The van der Waals surface area contributed by atoms with E-state index >= 15 is 0 Å². The lowest BCUT2D eigenvalue weighted by molar-refractivity contribution is 0.913. The van der Waals surface area contributed by atoms with Crippen molar-refractivity contribution in [1.82, 2.24) is 0 Å². The van der Waals surface area contributed by atoms with Crippen molar-refractivity contribution in [2.75, 3.05) is 0 Å². The largest absolute Gasteiger partial charge is 0.0856 e. The minimum Gasteiger partial charge on any atom is -0.0856 e. The fraction of sp³-hybridized carbons (Fsp3) is 0.588. The van der Waals surface area contributed by atoms with E-state index in [0.29, 0.717) is 0 Å². The van der Waals surface area contributed by atoms with Gasteiger partial charge in [0.15, 0.2) is 0 Å². The molecule has 0 bridgehead atoms. The van der Waals surface area contributed by atoms with E-state index in [2.05, 4.69) is 59.3 Å². The Balaban J connectivity index is 3.80. The van der Waals surface area contributed by atoms with Gasteiger partial charge in [-0.05, 0) is 66.2 Å². The molecule has 0 spiro atoms. The van der Waals surface area contributed by atoms with Crippen LogP contribution in [0.3, 0.4) is 0 Å². The molecule has 0 N–H and O–H groups in total. The molecule has 0 rings (SSSR count). The highest BCUT2D eigenvalue weighted by atomic mass is 14.0. The Kier molecular flexibility index (Phi) is 9.90. The van der Waals surface area contributed by atoms with Gasteiger partial charge in [0, 0.05) is 0 Å². The first kappa shape index (κ1) is 16.2. The number of rotatable bonds is 8. The molecular weight excluding hydrogens is 204 g/mol. The first-order chi connectivity index (χ1) is 8.06. The standard InChI is InChI=1S/C17H29/c1-6-7-11-16(4)13-9-14-17(5)12-8-10-15(2)3/h6,10-11,14H,7-9,12-13H2,1-5H3. The van der Waals surface area contributed by atoms with Crippen LogP contribution in [0.2, 0.25) is 0 Å². The Bertz CT molecular complexity index is 272. The van der Waals surface area contributed by atoms with Crippen LogP contribution in [0.15, 0.2) is 34.9 Å². The smallest absolute Gasteiger partial charge is 0.0288 e. The van der Waals surface area contributed by atoms with Crippen molar-refractivity contribution in [1.29, 1.82) is 0 Å². The molecule has 97 valence electrons. The molecule has 0 fully saturated rings. The molecule has 0 aromatic carbocycles. The molecule has 0 nitrogen and oxygen atoms in total. The molecule has 0 amide bonds. The summed E-state index contributed by atoms with van der Waals surface area (Å²) in [5, 5.41) is 0. The third-order valence-corrected chi connectivity index (χ3v) is 2.82. The molecule has 0 aliphatic carbocycles. The minimum atomic E-state index is 1.11. The van der Waals surface area contributed by atoms with Crippen LogP contribution in [0.5, 0.6) is 0 Å². The first-order valence-electron chi connectivity index (χ1n) is 6.78. The van der Waals surface area contributed by atoms with Gasteiger partial charge in [0.05, 0.1) is 0 Å². The molecular formula is C17H29. The number of hydrogen-bond donors (Lipinski definition) is 0. The summed E-state index contributed by atoms with van der Waals surface area (Å²) in [5.74, 6) is 0. The van der Waals surface area contributed by atoms with Gasteiger partial charge in [-0.3, -0.25) is 0 Å². The summed E-state index contributed by atoms with van der Waals surface area (Å²) in [6, 6.07) is 0. The fourth-order valence-electron chi connectivity index (χ4n) is 1.66. The molecule has 0 aliphatic heterocycles. The highest BCUT2D eigenvalue weighted by molar-refractivity contribution is 5.05. The maximum Gasteiger partial charge on any atom is -0.0288 e. The Morgan fingerprint density at radius 2 is 1.29 bits per heavy atom. The molecule has 0 saturated carbocycles. The van der Waals surface area contributed by atoms with Crippen molar-refractivity contribution >= 4 is 0 Å². The van der Waals surface area contributed by atoms with E-state index in [1.807, 2.05) is 0 Å². The molecule has 0 saturated heterocycles. The van der Waals surface area contributed by atoms with Gasteiger partial charge in [-0.1, -0.05) is 41.9 Å². The second-order valence-electron chi connectivity index (χ2n) is 5.10. The predicted molar refractivity (Wildman–Crippen MR) is 80.0 cm³/mol. The molecule has 0 aromatic heterocycles. The summed E-state index contributed by atoms with van der Waals surface area (Å²) in [6.07, 6.45) is 15.1. The number of unbranched alkanes of at least 4 members (excludes halogenated alkanes) is 1. The van der Waals surface area contributed by atoms with Crippen molar-refractivity contribution in [3.8, 4) is 0 Å². The lowest BCUT2D eigenvalue weighted by atomic mass is 10.1. The Hall–Kier alpha value is -0.780. The van der Waals surface area contributed by atoms with Crippen LogP contribution >= 0.6 is 0 Å². The quantitative estimate of drug-likeness (QED) is 0.450. The van der Waals surface area contributed by atoms with Crippen LogP contribution in [0.1, 0.15) is 66.7 Å². The lowest BCUT2D eigenvalue weighted by Crippen LogP contribution is -1.81. The van der Waals surface area contributed by atoms with Crippen LogP contribution in [-0.4, -0.2) is 0 Å². The Labute approximate surface area is 109 Å². The average Bonchev–Trinajstić information content (AvgIpc) is 2.25. The zero-order valence-electron chi connectivity index (χ0n) is 12.3. The monoisotopic (exact) mass is 233 g/mol. The maximum absolute atomic E-state index is 2.39. The van der Waals surface area contributed by atoms with E-state index in [4.69, 9.17) is 0 Å². The third kappa shape index (κ3) is 11.5. The van der Waals surface area contributed by atoms with Gasteiger partial charge >= 0.3 is 0 Å². The van der Waals surface area contributed by atoms with Gasteiger partial charge in [-0.25, -0.2) is 0 Å². The molecule has 17 heavy (non-hydrogen) atoms. The summed E-state index contributed by atoms with van der Waals surface area (Å²) < 4.78 is 0. The van der Waals surface area contributed by atoms with Crippen molar-refractivity contribution in [3.05, 3.63) is 41.4 Å². The highest BCUT2D eigenvalue weighted by Crippen LogP contribution is 2.11. The van der Waals surface area contributed by atoms with E-state index in [1.54, 1.807) is 0 Å². The van der Waals surface area contributed by atoms with E-state index in [9.17, 15) is 0 Å². The van der Waals surface area contributed by atoms with Gasteiger partial charge in [0.25, 0.3) is 0 Å². The molecule has 0 aliphatic rings. The molecule has 0 unspecified atom stereocenters. The number of allylic oxidation sites excluding steroid dienone is 6. The molecule has 1 radical (unpaired) electrons. The Morgan fingerprint density at radius 3 is 1.82 bits per heavy atom. The zero-order chi connectivity index (χ0) is 13.1. The SMILES string of the molecule is C[CH]CC=C(C)CCC=C(C)CCC=C(C)C. The van der Waals surface area contributed by atoms with E-state index < -0.39 is 0 Å². The third-order valence-electron chi connectivity index (χ3n) is 2.82. The average molecular weight is 233 g/mol. The van der Waals surface area contributed by atoms with Crippen LogP contribution in [0.4, 0.5) is 0 Å². The van der Waals surface area contributed by atoms with Crippen molar-refractivity contribution in [2.24, 2.45) is 0 Å². The van der Waals surface area contributed by atoms with Gasteiger partial charge in [0.1, 0.15) is 0 Å². The normalized spacial score (nSPS) is 12.8. The van der Waals surface area contributed by atoms with Crippen LogP contribution in [-0.2, 0) is 0 Å². The van der Waals surface area contributed by atoms with Crippen LogP contribution in [0.25, 0.3) is 0 Å². The second-order valence-corrected chi connectivity index (χ2v) is 5.10. The van der Waals surface area contributed by atoms with Gasteiger partial charge < -0.3 is 0 Å². The molecule has 0 aromatic rings. The topological polar surface area (TPSA) is 0 Å².